The van der Waals surface area contributed by atoms with Crippen LogP contribution in [0, 0.1) is 5.82 Å². The van der Waals surface area contributed by atoms with Crippen molar-refractivity contribution in [1.82, 2.24) is 0 Å². The predicted molar refractivity (Wildman–Crippen MR) is 57.2 cm³/mol. The first-order valence-corrected chi connectivity index (χ1v) is 5.01. The second-order valence-electron chi connectivity index (χ2n) is 3.73. The Morgan fingerprint density at radius 3 is 2.81 bits per heavy atom. The van der Waals surface area contributed by atoms with Crippen molar-refractivity contribution in [1.29, 1.82) is 0 Å². The van der Waals surface area contributed by atoms with Crippen LogP contribution in [0.25, 0.3) is 0 Å². The summed E-state index contributed by atoms with van der Waals surface area (Å²) in [5, 5.41) is 0. The molecule has 0 spiro atoms. The van der Waals surface area contributed by atoms with Gasteiger partial charge in [-0.3, -0.25) is 4.79 Å². The van der Waals surface area contributed by atoms with Crippen LogP contribution in [0.3, 0.4) is 0 Å². The molecule has 0 atom stereocenters. The van der Waals surface area contributed by atoms with E-state index in [0.29, 0.717) is 23.5 Å². The molecule has 16 heavy (non-hydrogen) atoms. The number of carbonyl (C=O) groups is 1. The van der Waals surface area contributed by atoms with Crippen molar-refractivity contribution in [3.05, 3.63) is 23.5 Å². The fourth-order valence-electron chi connectivity index (χ4n) is 1.96. The van der Waals surface area contributed by atoms with Crippen molar-refractivity contribution in [2.24, 2.45) is 0 Å². The number of hydrogen-bond acceptors (Lipinski definition) is 2. The van der Waals surface area contributed by atoms with E-state index in [9.17, 15) is 9.18 Å². The Morgan fingerprint density at radius 2 is 2.19 bits per heavy atom. The van der Waals surface area contributed by atoms with Crippen LogP contribution >= 0.6 is 0 Å². The van der Waals surface area contributed by atoms with Crippen molar-refractivity contribution in [3.8, 4) is 0 Å². The van der Waals surface area contributed by atoms with Gasteiger partial charge in [-0.15, -0.1) is 0 Å². The summed E-state index contributed by atoms with van der Waals surface area (Å²) in [4.78, 5) is 13.1. The van der Waals surface area contributed by atoms with Gasteiger partial charge in [-0.2, -0.15) is 0 Å². The summed E-state index contributed by atoms with van der Waals surface area (Å²) in [6.45, 7) is 2.52. The first-order valence-electron chi connectivity index (χ1n) is 5.01. The Balaban J connectivity index is 0.00000128. The van der Waals surface area contributed by atoms with Crippen molar-refractivity contribution >= 4 is 17.3 Å². The third-order valence-electron chi connectivity index (χ3n) is 2.52. The van der Waals surface area contributed by atoms with Crippen LogP contribution in [0.2, 0.25) is 0 Å². The average Bonchev–Trinajstić information content (AvgIpc) is 2.43. The molecule has 0 aliphatic carbocycles. The van der Waals surface area contributed by atoms with Crippen LogP contribution in [-0.2, 0) is 28.3 Å². The molecule has 0 saturated heterocycles. The smallest absolute Gasteiger partial charge is 0.399 e. The zero-order valence-corrected chi connectivity index (χ0v) is 10.0. The van der Waals surface area contributed by atoms with Crippen LogP contribution in [-0.4, -0.2) is 12.5 Å². The van der Waals surface area contributed by atoms with E-state index in [4.69, 9.17) is 5.73 Å². The van der Waals surface area contributed by atoms with Gasteiger partial charge in [-0.1, -0.05) is 6.92 Å². The van der Waals surface area contributed by atoms with Crippen molar-refractivity contribution in [2.45, 2.75) is 19.8 Å². The van der Waals surface area contributed by atoms with Gasteiger partial charge < -0.3 is 10.6 Å². The van der Waals surface area contributed by atoms with Crippen LogP contribution in [0.4, 0.5) is 15.8 Å². The van der Waals surface area contributed by atoms with E-state index in [1.54, 1.807) is 6.07 Å². The second-order valence-corrected chi connectivity index (χ2v) is 3.73. The van der Waals surface area contributed by atoms with E-state index in [0.717, 1.165) is 6.42 Å². The fraction of sp³-hybridized carbons (Fsp3) is 0.364. The maximum absolute atomic E-state index is 13.6. The molecular weight excluding hydrogens is 251 g/mol. The van der Waals surface area contributed by atoms with Crippen molar-refractivity contribution in [2.75, 3.05) is 17.2 Å². The van der Waals surface area contributed by atoms with E-state index < -0.39 is 5.82 Å². The minimum absolute atomic E-state index is 0. The largest absolute Gasteiger partial charge is 2.00 e. The topological polar surface area (TPSA) is 46.3 Å². The van der Waals surface area contributed by atoms with Gasteiger partial charge in [-0.25, -0.2) is 4.39 Å². The third kappa shape index (κ3) is 2.06. The predicted octanol–water partition coefficient (Wildman–Crippen LogP) is 1.70. The van der Waals surface area contributed by atoms with Crippen molar-refractivity contribution < 1.29 is 26.3 Å². The molecule has 0 unspecified atom stereocenters. The van der Waals surface area contributed by atoms with E-state index in [1.165, 1.54) is 11.0 Å². The Hall–Kier alpha value is -1.06. The number of hydrogen-bond donors (Lipinski definition) is 1. The van der Waals surface area contributed by atoms with E-state index >= 15 is 0 Å². The molecule has 2 rings (SSSR count). The maximum Gasteiger partial charge on any atom is 2.00 e. The maximum atomic E-state index is 13.6. The van der Waals surface area contributed by atoms with Gasteiger partial charge >= 0.3 is 17.1 Å². The number of fused-ring (bicyclic) bond motifs is 1. The molecule has 0 radical (unpaired) electrons. The first-order chi connectivity index (χ1) is 7.13. The van der Waals surface area contributed by atoms with Gasteiger partial charge in [0.25, 0.3) is 0 Å². The Bertz CT molecular complexity index is 423. The van der Waals surface area contributed by atoms with Gasteiger partial charge in [0.2, 0.25) is 5.91 Å². The van der Waals surface area contributed by atoms with Gasteiger partial charge in [0.1, 0.15) is 5.82 Å². The first kappa shape index (κ1) is 13.0. The number of anilines is 2. The summed E-state index contributed by atoms with van der Waals surface area (Å²) in [6, 6.07) is 2.94. The molecule has 1 aromatic rings. The minimum atomic E-state index is -0.399. The number of nitrogens with two attached hydrogens (primary N) is 1. The van der Waals surface area contributed by atoms with Crippen LogP contribution in [0.1, 0.15) is 18.9 Å². The number of nitrogens with zero attached hydrogens (tertiary/aromatic N) is 1. The Labute approximate surface area is 104 Å². The SMILES string of the molecule is CCCN1C(=O)Cc2cc(N)cc(F)c21.[Fe+2]. The third-order valence-corrected chi connectivity index (χ3v) is 2.52. The summed E-state index contributed by atoms with van der Waals surface area (Å²) < 4.78 is 13.6. The Kier molecular flexibility index (Phi) is 3.94. The molecule has 0 aromatic heterocycles. The second kappa shape index (κ2) is 4.85. The van der Waals surface area contributed by atoms with Crippen molar-refractivity contribution in [3.63, 3.8) is 0 Å². The van der Waals surface area contributed by atoms with Gasteiger partial charge in [0, 0.05) is 12.2 Å². The number of amides is 1. The molecule has 1 aliphatic heterocycles. The molecule has 0 bridgehead atoms. The van der Waals surface area contributed by atoms with Crippen LogP contribution < -0.4 is 10.6 Å². The summed E-state index contributed by atoms with van der Waals surface area (Å²) in [6.07, 6.45) is 1.08. The summed E-state index contributed by atoms with van der Waals surface area (Å²) in [5.41, 5.74) is 7.01. The fourth-order valence-corrected chi connectivity index (χ4v) is 1.96. The van der Waals surface area contributed by atoms with Crippen LogP contribution in [0.15, 0.2) is 12.1 Å². The number of carbonyl (C=O) groups excluding carboxylic acids is 1. The van der Waals surface area contributed by atoms with Gasteiger partial charge in [0.05, 0.1) is 12.1 Å². The molecule has 0 saturated carbocycles. The molecule has 1 aromatic carbocycles. The summed E-state index contributed by atoms with van der Waals surface area (Å²) in [5.74, 6) is -0.444. The van der Waals surface area contributed by atoms with E-state index in [2.05, 4.69) is 0 Å². The normalized spacial score (nSPS) is 13.6. The molecule has 1 amide bonds. The quantitative estimate of drug-likeness (QED) is 0.652. The van der Waals surface area contributed by atoms with Gasteiger partial charge in [-0.05, 0) is 24.1 Å². The molecule has 3 nitrogen and oxygen atoms in total. The number of nitrogen functional groups attached to an aromatic ring is 1. The molecule has 2 N–H and O–H groups in total. The summed E-state index contributed by atoms with van der Waals surface area (Å²) >= 11 is 0. The summed E-state index contributed by atoms with van der Waals surface area (Å²) in [7, 11) is 0. The zero-order chi connectivity index (χ0) is 11.0. The van der Waals surface area contributed by atoms with E-state index in [-0.39, 0.29) is 29.4 Å². The Morgan fingerprint density at radius 1 is 1.50 bits per heavy atom. The average molecular weight is 264 g/mol. The molecule has 86 valence electrons. The number of rotatable bonds is 2. The molecule has 5 heteroatoms. The number of benzene rings is 1. The molecule has 1 aliphatic rings. The number of halogens is 1. The molecule has 1 heterocycles. The molecule has 0 fully saturated rings. The van der Waals surface area contributed by atoms with Gasteiger partial charge in [0.15, 0.2) is 0 Å². The van der Waals surface area contributed by atoms with E-state index in [1.807, 2.05) is 6.92 Å². The zero-order valence-electron chi connectivity index (χ0n) is 8.94. The minimum Gasteiger partial charge on any atom is -0.399 e. The van der Waals surface area contributed by atoms with Crippen LogP contribution in [0.5, 0.6) is 0 Å². The monoisotopic (exact) mass is 264 g/mol. The molecular formula is C11H13FFeN2O+2. The standard InChI is InChI=1S/C11H13FN2O.Fe/c1-2-3-14-10(15)5-7-4-8(13)6-9(12)11(7)14;/h4,6H,2-3,5,13H2,1H3;/q;+2.